The van der Waals surface area contributed by atoms with Gasteiger partial charge in [-0.15, -0.1) is 0 Å². The van der Waals surface area contributed by atoms with Gasteiger partial charge in [-0.1, -0.05) is 6.07 Å². The molecule has 0 heterocycles. The van der Waals surface area contributed by atoms with Gasteiger partial charge in [0, 0.05) is 18.3 Å². The van der Waals surface area contributed by atoms with Crippen LogP contribution in [0, 0.1) is 0 Å². The standard InChI is InChI=1S/C14H22N2O3/c1-11(17)7-8-16(2)10-14(18)15-12-5-4-6-13(9-12)19-3/h4-6,9,11,17H,7-8,10H2,1-3H3,(H,15,18). The van der Waals surface area contributed by atoms with Crippen molar-refractivity contribution in [2.75, 3.05) is 32.6 Å². The molecule has 1 rings (SSSR count). The highest BCUT2D eigenvalue weighted by Crippen LogP contribution is 2.16. The lowest BCUT2D eigenvalue weighted by molar-refractivity contribution is -0.117. The number of benzene rings is 1. The summed E-state index contributed by atoms with van der Waals surface area (Å²) in [6.07, 6.45) is 0.312. The normalized spacial score (nSPS) is 12.3. The van der Waals surface area contributed by atoms with E-state index >= 15 is 0 Å². The van der Waals surface area contributed by atoms with Crippen molar-refractivity contribution in [2.45, 2.75) is 19.4 Å². The zero-order chi connectivity index (χ0) is 14.3. The van der Waals surface area contributed by atoms with Crippen molar-refractivity contribution in [3.63, 3.8) is 0 Å². The Bertz CT molecular complexity index is 407. The van der Waals surface area contributed by atoms with Crippen LogP contribution in [-0.4, -0.2) is 49.3 Å². The molecule has 19 heavy (non-hydrogen) atoms. The maximum Gasteiger partial charge on any atom is 0.238 e. The van der Waals surface area contributed by atoms with Crippen molar-refractivity contribution >= 4 is 11.6 Å². The van der Waals surface area contributed by atoms with Gasteiger partial charge in [-0.25, -0.2) is 0 Å². The first kappa shape index (κ1) is 15.5. The maximum atomic E-state index is 11.8. The van der Waals surface area contributed by atoms with Crippen LogP contribution in [0.1, 0.15) is 13.3 Å². The Kier molecular flexibility index (Phi) is 6.32. The summed E-state index contributed by atoms with van der Waals surface area (Å²) in [6, 6.07) is 7.24. The molecule has 1 aromatic rings. The van der Waals surface area contributed by atoms with E-state index in [9.17, 15) is 9.90 Å². The van der Waals surface area contributed by atoms with Gasteiger partial charge >= 0.3 is 0 Å². The molecule has 1 atom stereocenters. The number of carbonyl (C=O) groups is 1. The number of nitrogens with zero attached hydrogens (tertiary/aromatic N) is 1. The molecule has 0 aliphatic carbocycles. The first-order valence-corrected chi connectivity index (χ1v) is 6.31. The Morgan fingerprint density at radius 2 is 2.26 bits per heavy atom. The summed E-state index contributed by atoms with van der Waals surface area (Å²) in [7, 11) is 3.44. The number of hydrogen-bond donors (Lipinski definition) is 2. The molecule has 2 N–H and O–H groups in total. The summed E-state index contributed by atoms with van der Waals surface area (Å²) in [5.74, 6) is 0.626. The number of aliphatic hydroxyl groups excluding tert-OH is 1. The number of anilines is 1. The van der Waals surface area contributed by atoms with E-state index < -0.39 is 0 Å². The van der Waals surface area contributed by atoms with Gasteiger partial charge in [-0.05, 0) is 32.5 Å². The van der Waals surface area contributed by atoms with Crippen molar-refractivity contribution in [1.82, 2.24) is 4.90 Å². The molecule has 1 unspecified atom stereocenters. The number of nitrogens with one attached hydrogen (secondary N) is 1. The van der Waals surface area contributed by atoms with Crippen LogP contribution in [0.5, 0.6) is 5.75 Å². The van der Waals surface area contributed by atoms with Crippen LogP contribution in [-0.2, 0) is 4.79 Å². The van der Waals surface area contributed by atoms with Crippen molar-refractivity contribution in [2.24, 2.45) is 0 Å². The molecule has 0 spiro atoms. The van der Waals surface area contributed by atoms with E-state index in [0.717, 1.165) is 0 Å². The van der Waals surface area contributed by atoms with E-state index in [0.29, 0.717) is 30.9 Å². The molecule has 0 radical (unpaired) electrons. The summed E-state index contributed by atoms with van der Waals surface area (Å²) in [4.78, 5) is 13.7. The molecule has 0 bridgehead atoms. The third-order valence-electron chi connectivity index (χ3n) is 2.70. The highest BCUT2D eigenvalue weighted by molar-refractivity contribution is 5.92. The van der Waals surface area contributed by atoms with Crippen molar-refractivity contribution < 1.29 is 14.6 Å². The second-order valence-corrected chi connectivity index (χ2v) is 4.66. The summed E-state index contributed by atoms with van der Waals surface area (Å²) >= 11 is 0. The molecule has 5 heteroatoms. The van der Waals surface area contributed by atoms with Gasteiger partial charge < -0.3 is 15.2 Å². The quantitative estimate of drug-likeness (QED) is 0.781. The number of rotatable bonds is 7. The molecule has 1 amide bonds. The van der Waals surface area contributed by atoms with Crippen LogP contribution in [0.3, 0.4) is 0 Å². The molecule has 0 aliphatic rings. The van der Waals surface area contributed by atoms with Gasteiger partial charge in [0.1, 0.15) is 5.75 Å². The molecule has 0 aromatic heterocycles. The molecular formula is C14H22N2O3. The average Bonchev–Trinajstić information content (AvgIpc) is 2.36. The van der Waals surface area contributed by atoms with E-state index in [1.165, 1.54) is 0 Å². The van der Waals surface area contributed by atoms with Gasteiger partial charge in [0.05, 0.1) is 19.8 Å². The fourth-order valence-electron chi connectivity index (χ4n) is 1.63. The molecule has 1 aromatic carbocycles. The second kappa shape index (κ2) is 7.76. The van der Waals surface area contributed by atoms with Gasteiger partial charge in [0.15, 0.2) is 0 Å². The predicted octanol–water partition coefficient (Wildman–Crippen LogP) is 1.34. The van der Waals surface area contributed by atoms with E-state index in [1.807, 2.05) is 30.1 Å². The summed E-state index contributed by atoms with van der Waals surface area (Å²) in [5, 5.41) is 12.0. The zero-order valence-electron chi connectivity index (χ0n) is 11.7. The van der Waals surface area contributed by atoms with Gasteiger partial charge in [-0.2, -0.15) is 0 Å². The third-order valence-corrected chi connectivity index (χ3v) is 2.70. The number of amides is 1. The third kappa shape index (κ3) is 6.22. The highest BCUT2D eigenvalue weighted by Gasteiger charge is 2.08. The van der Waals surface area contributed by atoms with Crippen LogP contribution in [0.25, 0.3) is 0 Å². The number of aliphatic hydroxyl groups is 1. The Labute approximate surface area is 114 Å². The molecule has 106 valence electrons. The van der Waals surface area contributed by atoms with Crippen LogP contribution in [0.15, 0.2) is 24.3 Å². The van der Waals surface area contributed by atoms with Crippen molar-refractivity contribution in [1.29, 1.82) is 0 Å². The van der Waals surface area contributed by atoms with E-state index in [2.05, 4.69) is 5.32 Å². The number of hydrogen-bond acceptors (Lipinski definition) is 4. The Hall–Kier alpha value is -1.59. The Morgan fingerprint density at radius 3 is 2.89 bits per heavy atom. The van der Waals surface area contributed by atoms with E-state index in [4.69, 9.17) is 4.74 Å². The molecule has 0 saturated heterocycles. The predicted molar refractivity (Wildman–Crippen MR) is 75.4 cm³/mol. The highest BCUT2D eigenvalue weighted by atomic mass is 16.5. The molecule has 0 aliphatic heterocycles. The fraction of sp³-hybridized carbons (Fsp3) is 0.500. The first-order chi connectivity index (χ1) is 9.01. The fourth-order valence-corrected chi connectivity index (χ4v) is 1.63. The van der Waals surface area contributed by atoms with Crippen LogP contribution >= 0.6 is 0 Å². The Morgan fingerprint density at radius 1 is 1.53 bits per heavy atom. The number of methoxy groups -OCH3 is 1. The minimum Gasteiger partial charge on any atom is -0.497 e. The van der Waals surface area contributed by atoms with Gasteiger partial charge in [-0.3, -0.25) is 9.69 Å². The summed E-state index contributed by atoms with van der Waals surface area (Å²) in [5.41, 5.74) is 0.716. The molecule has 0 saturated carbocycles. The number of likely N-dealkylation sites (N-methyl/N-ethyl adjacent to an activating group) is 1. The number of carbonyl (C=O) groups excluding carboxylic acids is 1. The number of ether oxygens (including phenoxy) is 1. The molecule has 0 fully saturated rings. The van der Waals surface area contributed by atoms with Gasteiger partial charge in [0.2, 0.25) is 5.91 Å². The maximum absolute atomic E-state index is 11.8. The monoisotopic (exact) mass is 266 g/mol. The lowest BCUT2D eigenvalue weighted by atomic mass is 10.2. The molecular weight excluding hydrogens is 244 g/mol. The topological polar surface area (TPSA) is 61.8 Å². The molecule has 5 nitrogen and oxygen atoms in total. The van der Waals surface area contributed by atoms with Crippen molar-refractivity contribution in [3.05, 3.63) is 24.3 Å². The summed E-state index contributed by atoms with van der Waals surface area (Å²) < 4.78 is 5.09. The minimum atomic E-state index is -0.344. The van der Waals surface area contributed by atoms with Crippen molar-refractivity contribution in [3.8, 4) is 5.75 Å². The SMILES string of the molecule is COc1cccc(NC(=O)CN(C)CCC(C)O)c1. The van der Waals surface area contributed by atoms with Crippen LogP contribution < -0.4 is 10.1 Å². The van der Waals surface area contributed by atoms with Gasteiger partial charge in [0.25, 0.3) is 0 Å². The Balaban J connectivity index is 2.41. The lowest BCUT2D eigenvalue weighted by Gasteiger charge is -2.17. The zero-order valence-corrected chi connectivity index (χ0v) is 11.7. The van der Waals surface area contributed by atoms with E-state index in [-0.39, 0.29) is 12.0 Å². The summed E-state index contributed by atoms with van der Waals surface area (Å²) in [6.45, 7) is 2.72. The van der Waals surface area contributed by atoms with E-state index in [1.54, 1.807) is 20.1 Å². The first-order valence-electron chi connectivity index (χ1n) is 6.31. The largest absolute Gasteiger partial charge is 0.497 e. The van der Waals surface area contributed by atoms with Crippen LogP contribution in [0.2, 0.25) is 0 Å². The lowest BCUT2D eigenvalue weighted by Crippen LogP contribution is -2.32. The second-order valence-electron chi connectivity index (χ2n) is 4.66. The average molecular weight is 266 g/mol. The smallest absolute Gasteiger partial charge is 0.238 e. The van der Waals surface area contributed by atoms with Crippen LogP contribution in [0.4, 0.5) is 5.69 Å². The minimum absolute atomic E-state index is 0.0821.